The summed E-state index contributed by atoms with van der Waals surface area (Å²) < 4.78 is 23.7. The molecule has 5 heteroatoms. The van der Waals surface area contributed by atoms with Crippen LogP contribution in [0.25, 0.3) is 0 Å². The van der Waals surface area contributed by atoms with Crippen LogP contribution in [0.1, 0.15) is 25.3 Å². The maximum absolute atomic E-state index is 11.9. The van der Waals surface area contributed by atoms with Gasteiger partial charge in [0, 0.05) is 0 Å². The van der Waals surface area contributed by atoms with Crippen LogP contribution in [0.15, 0.2) is 29.2 Å². The predicted molar refractivity (Wildman–Crippen MR) is 78.7 cm³/mol. The van der Waals surface area contributed by atoms with Crippen LogP contribution in [0.5, 0.6) is 0 Å². The molecule has 0 heterocycles. The molecule has 19 heavy (non-hydrogen) atoms. The van der Waals surface area contributed by atoms with Gasteiger partial charge in [-0.3, -0.25) is 0 Å². The summed E-state index contributed by atoms with van der Waals surface area (Å²) in [5, 5.41) is 0. The predicted octanol–water partition coefficient (Wildman–Crippen LogP) is 1.34. The summed E-state index contributed by atoms with van der Waals surface area (Å²) in [5.74, 6) is 0.540. The van der Waals surface area contributed by atoms with Gasteiger partial charge in [0.1, 0.15) is 0 Å². The normalized spacial score (nSPS) is 12.0. The minimum Gasteiger partial charge on any atom is -0.330 e. The van der Waals surface area contributed by atoms with Gasteiger partial charge in [-0.1, -0.05) is 19.1 Å². The van der Waals surface area contributed by atoms with Gasteiger partial charge < -0.3 is 11.5 Å². The van der Waals surface area contributed by atoms with E-state index in [1.807, 2.05) is 19.1 Å². The molecule has 0 aromatic heterocycles. The van der Waals surface area contributed by atoms with E-state index in [0.29, 0.717) is 30.3 Å². The monoisotopic (exact) mass is 284 g/mol. The van der Waals surface area contributed by atoms with Gasteiger partial charge in [-0.05, 0) is 56.0 Å². The Morgan fingerprint density at radius 1 is 1.11 bits per heavy atom. The lowest BCUT2D eigenvalue weighted by Crippen LogP contribution is -2.23. The molecule has 1 rings (SSSR count). The number of nitrogens with two attached hydrogens (primary N) is 2. The van der Waals surface area contributed by atoms with Gasteiger partial charge in [0.25, 0.3) is 0 Å². The van der Waals surface area contributed by atoms with E-state index in [9.17, 15) is 8.42 Å². The first-order chi connectivity index (χ1) is 9.03. The topological polar surface area (TPSA) is 86.2 Å². The Morgan fingerprint density at radius 3 is 2.16 bits per heavy atom. The summed E-state index contributed by atoms with van der Waals surface area (Å²) in [7, 11) is -3.11. The van der Waals surface area contributed by atoms with Gasteiger partial charge in [0.15, 0.2) is 9.84 Å². The zero-order valence-electron chi connectivity index (χ0n) is 11.5. The minimum absolute atomic E-state index is 0.203. The van der Waals surface area contributed by atoms with Gasteiger partial charge in [-0.2, -0.15) is 0 Å². The Labute approximate surface area is 116 Å². The first-order valence-corrected chi connectivity index (χ1v) is 8.40. The van der Waals surface area contributed by atoms with Crippen molar-refractivity contribution in [1.29, 1.82) is 0 Å². The van der Waals surface area contributed by atoms with Crippen molar-refractivity contribution >= 4 is 9.84 Å². The highest BCUT2D eigenvalue weighted by atomic mass is 32.2. The lowest BCUT2D eigenvalue weighted by atomic mass is 10.00. The van der Waals surface area contributed by atoms with Crippen molar-refractivity contribution in [2.24, 2.45) is 17.4 Å². The summed E-state index contributed by atoms with van der Waals surface area (Å²) in [6.45, 7) is 3.06. The van der Waals surface area contributed by atoms with E-state index in [2.05, 4.69) is 0 Å². The standard InChI is InChI=1S/C14H24N2O2S/c1-2-9-19(17,18)14-7-5-12(6-8-14)3-4-13(10-15)11-16/h5-8,13H,2-4,9-11,15-16H2,1H3. The van der Waals surface area contributed by atoms with Crippen LogP contribution < -0.4 is 11.5 Å². The molecule has 0 radical (unpaired) electrons. The molecule has 108 valence electrons. The van der Waals surface area contributed by atoms with Crippen LogP contribution in [0.4, 0.5) is 0 Å². The second-order valence-electron chi connectivity index (χ2n) is 4.84. The Morgan fingerprint density at radius 2 is 1.68 bits per heavy atom. The first kappa shape index (κ1) is 16.1. The van der Waals surface area contributed by atoms with Crippen molar-refractivity contribution in [2.75, 3.05) is 18.8 Å². The van der Waals surface area contributed by atoms with Crippen LogP contribution >= 0.6 is 0 Å². The van der Waals surface area contributed by atoms with Gasteiger partial charge in [-0.25, -0.2) is 8.42 Å². The fourth-order valence-corrected chi connectivity index (χ4v) is 3.28. The molecule has 4 nitrogen and oxygen atoms in total. The summed E-state index contributed by atoms with van der Waals surface area (Å²) in [4.78, 5) is 0.410. The van der Waals surface area contributed by atoms with Crippen molar-refractivity contribution in [1.82, 2.24) is 0 Å². The highest BCUT2D eigenvalue weighted by Crippen LogP contribution is 2.15. The number of benzene rings is 1. The molecule has 0 fully saturated rings. The Hall–Kier alpha value is -0.910. The van der Waals surface area contributed by atoms with E-state index in [4.69, 9.17) is 11.5 Å². The number of aryl methyl sites for hydroxylation is 1. The summed E-state index contributed by atoms with van der Waals surface area (Å²) in [6.07, 6.45) is 2.46. The molecular weight excluding hydrogens is 260 g/mol. The lowest BCUT2D eigenvalue weighted by Gasteiger charge is -2.11. The second kappa shape index (κ2) is 7.62. The van der Waals surface area contributed by atoms with E-state index in [-0.39, 0.29) is 5.75 Å². The quantitative estimate of drug-likeness (QED) is 0.754. The zero-order chi connectivity index (χ0) is 14.3. The van der Waals surface area contributed by atoms with Crippen molar-refractivity contribution in [2.45, 2.75) is 31.1 Å². The highest BCUT2D eigenvalue weighted by Gasteiger charge is 2.12. The second-order valence-corrected chi connectivity index (χ2v) is 6.95. The molecule has 0 aliphatic rings. The molecule has 1 aromatic carbocycles. The third kappa shape index (κ3) is 4.93. The molecular formula is C14H24N2O2S. The molecule has 0 atom stereocenters. The molecule has 0 saturated carbocycles. The number of sulfone groups is 1. The van der Waals surface area contributed by atoms with E-state index in [1.54, 1.807) is 12.1 Å². The Kier molecular flexibility index (Phi) is 6.48. The highest BCUT2D eigenvalue weighted by molar-refractivity contribution is 7.91. The van der Waals surface area contributed by atoms with Crippen molar-refractivity contribution in [3.63, 3.8) is 0 Å². The number of hydrogen-bond donors (Lipinski definition) is 2. The fourth-order valence-electron chi connectivity index (χ4n) is 1.95. The number of rotatable bonds is 8. The summed E-state index contributed by atoms with van der Waals surface area (Å²) in [5.41, 5.74) is 12.3. The van der Waals surface area contributed by atoms with E-state index >= 15 is 0 Å². The van der Waals surface area contributed by atoms with E-state index in [0.717, 1.165) is 18.4 Å². The van der Waals surface area contributed by atoms with Gasteiger partial charge in [-0.15, -0.1) is 0 Å². The summed E-state index contributed by atoms with van der Waals surface area (Å²) in [6, 6.07) is 7.15. The van der Waals surface area contributed by atoms with Crippen LogP contribution in [0.2, 0.25) is 0 Å². The average molecular weight is 284 g/mol. The Bertz CT molecular complexity index is 465. The molecule has 4 N–H and O–H groups in total. The lowest BCUT2D eigenvalue weighted by molar-refractivity contribution is 0.507. The molecule has 0 unspecified atom stereocenters. The van der Waals surface area contributed by atoms with Crippen LogP contribution in [0, 0.1) is 5.92 Å². The number of hydrogen-bond acceptors (Lipinski definition) is 4. The maximum Gasteiger partial charge on any atom is 0.178 e. The van der Waals surface area contributed by atoms with Crippen LogP contribution in [-0.4, -0.2) is 27.3 Å². The molecule has 0 aliphatic heterocycles. The first-order valence-electron chi connectivity index (χ1n) is 6.75. The minimum atomic E-state index is -3.11. The fraction of sp³-hybridized carbons (Fsp3) is 0.571. The Balaban J connectivity index is 2.67. The molecule has 1 aromatic rings. The molecule has 0 saturated heterocycles. The summed E-state index contributed by atoms with van der Waals surface area (Å²) >= 11 is 0. The third-order valence-corrected chi connectivity index (χ3v) is 5.20. The maximum atomic E-state index is 11.9. The molecule has 0 spiro atoms. The van der Waals surface area contributed by atoms with Gasteiger partial charge in [0.2, 0.25) is 0 Å². The molecule has 0 aliphatic carbocycles. The van der Waals surface area contributed by atoms with Crippen molar-refractivity contribution in [3.05, 3.63) is 29.8 Å². The van der Waals surface area contributed by atoms with E-state index < -0.39 is 9.84 Å². The van der Waals surface area contributed by atoms with Crippen LogP contribution in [0.3, 0.4) is 0 Å². The smallest absolute Gasteiger partial charge is 0.178 e. The largest absolute Gasteiger partial charge is 0.330 e. The van der Waals surface area contributed by atoms with E-state index in [1.165, 1.54) is 0 Å². The average Bonchev–Trinajstić information content (AvgIpc) is 2.40. The SMILES string of the molecule is CCCS(=O)(=O)c1ccc(CCC(CN)CN)cc1. The van der Waals surface area contributed by atoms with Crippen LogP contribution in [-0.2, 0) is 16.3 Å². The van der Waals surface area contributed by atoms with Crippen molar-refractivity contribution < 1.29 is 8.42 Å². The van der Waals surface area contributed by atoms with Gasteiger partial charge >= 0.3 is 0 Å². The van der Waals surface area contributed by atoms with Crippen molar-refractivity contribution in [3.8, 4) is 0 Å². The van der Waals surface area contributed by atoms with Gasteiger partial charge in [0.05, 0.1) is 10.6 Å². The zero-order valence-corrected chi connectivity index (χ0v) is 12.3. The third-order valence-electron chi connectivity index (χ3n) is 3.26. The molecule has 0 bridgehead atoms. The molecule has 0 amide bonds.